The average Bonchev–Trinajstić information content (AvgIpc) is 3.00. The molecule has 0 radical (unpaired) electrons. The number of nitrogens with two attached hydrogens (primary N) is 1. The number of nitrogens with zero attached hydrogens (tertiary/aromatic N) is 2. The molecule has 0 saturated carbocycles. The smallest absolute Gasteiger partial charge is 0.118 e. The van der Waals surface area contributed by atoms with Crippen LogP contribution in [-0.2, 0) is 19.5 Å². The molecule has 25 heavy (non-hydrogen) atoms. The molecule has 4 nitrogen and oxygen atoms in total. The van der Waals surface area contributed by atoms with Crippen LogP contribution in [0, 0.1) is 0 Å². The Kier molecular flexibility index (Phi) is 5.63. The molecule has 0 spiro atoms. The van der Waals surface area contributed by atoms with E-state index in [1.54, 1.807) is 13.2 Å². The summed E-state index contributed by atoms with van der Waals surface area (Å²) in [7, 11) is 1.66. The number of benzene rings is 2. The molecule has 6 heteroatoms. The molecule has 0 unspecified atom stereocenters. The molecule has 1 heterocycles. The third-order valence-corrected chi connectivity index (χ3v) is 4.59. The van der Waals surface area contributed by atoms with Crippen molar-refractivity contribution in [2.45, 2.75) is 19.5 Å². The molecule has 1 aromatic heterocycles. The van der Waals surface area contributed by atoms with Crippen molar-refractivity contribution in [3.63, 3.8) is 0 Å². The SMILES string of the molecule is COc1ccc(Cc2cc(CN)nn2Cc2ccc(Cl)cc2Cl)cc1. The van der Waals surface area contributed by atoms with E-state index in [4.69, 9.17) is 33.7 Å². The first-order valence-electron chi connectivity index (χ1n) is 7.91. The van der Waals surface area contributed by atoms with E-state index in [2.05, 4.69) is 5.10 Å². The zero-order valence-electron chi connectivity index (χ0n) is 13.9. The Hall–Kier alpha value is -2.01. The monoisotopic (exact) mass is 375 g/mol. The fourth-order valence-corrected chi connectivity index (χ4v) is 3.13. The van der Waals surface area contributed by atoms with Crippen LogP contribution in [0.4, 0.5) is 0 Å². The van der Waals surface area contributed by atoms with Crippen molar-refractivity contribution >= 4 is 23.2 Å². The number of rotatable bonds is 6. The molecule has 0 saturated heterocycles. The molecule has 130 valence electrons. The quantitative estimate of drug-likeness (QED) is 0.698. The fraction of sp³-hybridized carbons (Fsp3) is 0.211. The van der Waals surface area contributed by atoms with Gasteiger partial charge in [0.05, 0.1) is 19.3 Å². The number of aromatic nitrogens is 2. The first kappa shape index (κ1) is 17.8. The molecule has 0 aliphatic heterocycles. The Morgan fingerprint density at radius 2 is 1.84 bits per heavy atom. The van der Waals surface area contributed by atoms with E-state index in [0.717, 1.165) is 29.1 Å². The highest BCUT2D eigenvalue weighted by molar-refractivity contribution is 6.35. The molecule has 0 atom stereocenters. The lowest BCUT2D eigenvalue weighted by Crippen LogP contribution is -2.08. The van der Waals surface area contributed by atoms with Gasteiger partial charge in [-0.1, -0.05) is 41.4 Å². The third-order valence-electron chi connectivity index (χ3n) is 4.00. The van der Waals surface area contributed by atoms with Crippen LogP contribution in [0.15, 0.2) is 48.5 Å². The zero-order chi connectivity index (χ0) is 17.8. The summed E-state index contributed by atoms with van der Waals surface area (Å²) in [5, 5.41) is 5.85. The van der Waals surface area contributed by atoms with E-state index in [0.29, 0.717) is 23.1 Å². The average molecular weight is 376 g/mol. The van der Waals surface area contributed by atoms with E-state index in [-0.39, 0.29) is 0 Å². The lowest BCUT2D eigenvalue weighted by atomic mass is 10.1. The van der Waals surface area contributed by atoms with Crippen molar-refractivity contribution in [2.75, 3.05) is 7.11 Å². The normalized spacial score (nSPS) is 10.9. The largest absolute Gasteiger partial charge is 0.497 e. The molecule has 0 fully saturated rings. The highest BCUT2D eigenvalue weighted by Crippen LogP contribution is 2.23. The van der Waals surface area contributed by atoms with Crippen molar-refractivity contribution < 1.29 is 4.74 Å². The van der Waals surface area contributed by atoms with Gasteiger partial charge in [0.2, 0.25) is 0 Å². The van der Waals surface area contributed by atoms with Gasteiger partial charge in [-0.2, -0.15) is 5.10 Å². The van der Waals surface area contributed by atoms with Crippen molar-refractivity contribution in [1.82, 2.24) is 9.78 Å². The minimum Gasteiger partial charge on any atom is -0.497 e. The van der Waals surface area contributed by atoms with Gasteiger partial charge in [0, 0.05) is 28.7 Å². The van der Waals surface area contributed by atoms with Crippen LogP contribution < -0.4 is 10.5 Å². The minimum absolute atomic E-state index is 0.400. The summed E-state index contributed by atoms with van der Waals surface area (Å²) in [6.45, 7) is 0.971. The molecule has 0 aliphatic carbocycles. The van der Waals surface area contributed by atoms with Crippen LogP contribution in [0.2, 0.25) is 10.0 Å². The second-order valence-corrected chi connectivity index (χ2v) is 6.59. The Balaban J connectivity index is 1.87. The molecule has 2 aromatic carbocycles. The molecule has 3 rings (SSSR count). The van der Waals surface area contributed by atoms with Crippen LogP contribution >= 0.6 is 23.2 Å². The second-order valence-electron chi connectivity index (χ2n) is 5.75. The molecule has 0 aliphatic rings. The summed E-state index contributed by atoms with van der Waals surface area (Å²) in [5.74, 6) is 0.841. The number of methoxy groups -OCH3 is 1. The predicted octanol–water partition coefficient (Wildman–Crippen LogP) is 4.30. The van der Waals surface area contributed by atoms with Gasteiger partial charge in [-0.25, -0.2) is 0 Å². The first-order chi connectivity index (χ1) is 12.1. The zero-order valence-corrected chi connectivity index (χ0v) is 15.4. The summed E-state index contributed by atoms with van der Waals surface area (Å²) in [6, 6.07) is 15.5. The Morgan fingerprint density at radius 3 is 2.48 bits per heavy atom. The number of hydrogen-bond donors (Lipinski definition) is 1. The molecular weight excluding hydrogens is 357 g/mol. The van der Waals surface area contributed by atoms with E-state index in [9.17, 15) is 0 Å². The van der Waals surface area contributed by atoms with Crippen molar-refractivity contribution in [1.29, 1.82) is 0 Å². The standard InChI is InChI=1S/C19H19Cl2N3O/c1-25-18-6-2-13(3-7-18)8-17-10-16(11-22)23-24(17)12-14-4-5-15(20)9-19(14)21/h2-7,9-10H,8,11-12,22H2,1H3. The molecule has 0 amide bonds. The lowest BCUT2D eigenvalue weighted by molar-refractivity contribution is 0.414. The van der Waals surface area contributed by atoms with Crippen molar-refractivity contribution in [3.8, 4) is 5.75 Å². The van der Waals surface area contributed by atoms with Crippen molar-refractivity contribution in [3.05, 3.63) is 81.1 Å². The number of hydrogen-bond acceptors (Lipinski definition) is 3. The molecule has 3 aromatic rings. The van der Waals surface area contributed by atoms with E-state index in [1.165, 1.54) is 5.56 Å². The molecular formula is C19H19Cl2N3O. The van der Waals surface area contributed by atoms with E-state index >= 15 is 0 Å². The summed E-state index contributed by atoms with van der Waals surface area (Å²) >= 11 is 12.3. The van der Waals surface area contributed by atoms with Crippen LogP contribution in [0.3, 0.4) is 0 Å². The van der Waals surface area contributed by atoms with Gasteiger partial charge in [-0.15, -0.1) is 0 Å². The van der Waals surface area contributed by atoms with Crippen LogP contribution in [0.1, 0.15) is 22.5 Å². The third kappa shape index (κ3) is 4.34. The van der Waals surface area contributed by atoms with Gasteiger partial charge in [0.15, 0.2) is 0 Å². The summed E-state index contributed by atoms with van der Waals surface area (Å²) in [5.41, 5.74) is 9.85. The minimum atomic E-state index is 0.400. The maximum Gasteiger partial charge on any atom is 0.118 e. The predicted molar refractivity (Wildman–Crippen MR) is 101 cm³/mol. The number of ether oxygens (including phenoxy) is 1. The van der Waals surface area contributed by atoms with Gasteiger partial charge >= 0.3 is 0 Å². The lowest BCUT2D eigenvalue weighted by Gasteiger charge is -2.10. The topological polar surface area (TPSA) is 53.1 Å². The van der Waals surface area contributed by atoms with Gasteiger partial charge < -0.3 is 10.5 Å². The maximum atomic E-state index is 6.30. The van der Waals surface area contributed by atoms with Gasteiger partial charge in [-0.3, -0.25) is 4.68 Å². The second kappa shape index (κ2) is 7.91. The Bertz CT molecular complexity index is 860. The summed E-state index contributed by atoms with van der Waals surface area (Å²) in [6.07, 6.45) is 0.752. The Labute approximate surface area is 157 Å². The van der Waals surface area contributed by atoms with Crippen LogP contribution in [-0.4, -0.2) is 16.9 Å². The van der Waals surface area contributed by atoms with Crippen LogP contribution in [0.5, 0.6) is 5.75 Å². The van der Waals surface area contributed by atoms with Gasteiger partial charge in [0.1, 0.15) is 5.75 Å². The van der Waals surface area contributed by atoms with Gasteiger partial charge in [-0.05, 0) is 41.5 Å². The molecule has 2 N–H and O–H groups in total. The van der Waals surface area contributed by atoms with E-state index in [1.807, 2.05) is 47.1 Å². The highest BCUT2D eigenvalue weighted by Gasteiger charge is 2.11. The van der Waals surface area contributed by atoms with Crippen molar-refractivity contribution in [2.24, 2.45) is 5.73 Å². The number of halogens is 2. The summed E-state index contributed by atoms with van der Waals surface area (Å²) < 4.78 is 7.15. The maximum absolute atomic E-state index is 6.30. The van der Waals surface area contributed by atoms with Crippen LogP contribution in [0.25, 0.3) is 0 Å². The fourth-order valence-electron chi connectivity index (χ4n) is 2.66. The first-order valence-corrected chi connectivity index (χ1v) is 8.67. The Morgan fingerprint density at radius 1 is 1.08 bits per heavy atom. The highest BCUT2D eigenvalue weighted by atomic mass is 35.5. The molecule has 0 bridgehead atoms. The van der Waals surface area contributed by atoms with Gasteiger partial charge in [0.25, 0.3) is 0 Å². The van der Waals surface area contributed by atoms with E-state index < -0.39 is 0 Å². The summed E-state index contributed by atoms with van der Waals surface area (Å²) in [4.78, 5) is 0.